The summed E-state index contributed by atoms with van der Waals surface area (Å²) in [6.45, 7) is 3.77. The molecule has 41 heavy (non-hydrogen) atoms. The zero-order valence-corrected chi connectivity index (χ0v) is 22.4. The van der Waals surface area contributed by atoms with Gasteiger partial charge in [0.15, 0.2) is 11.8 Å². The fourth-order valence-corrected chi connectivity index (χ4v) is 4.09. The first-order chi connectivity index (χ1) is 19.5. The number of benzene rings is 3. The Hall–Kier alpha value is -4.48. The summed E-state index contributed by atoms with van der Waals surface area (Å²) in [5, 5.41) is 6.31. The normalized spacial score (nSPS) is 13.1. The number of carbonyl (C=O) groups is 2. The van der Waals surface area contributed by atoms with Gasteiger partial charge in [-0.2, -0.15) is 18.3 Å². The Morgan fingerprint density at radius 2 is 1.63 bits per heavy atom. The van der Waals surface area contributed by atoms with Crippen LogP contribution in [0.1, 0.15) is 52.8 Å². The lowest BCUT2D eigenvalue weighted by atomic mass is 10.00. The lowest BCUT2D eigenvalue weighted by molar-refractivity contribution is -0.150. The molecule has 0 aliphatic rings. The first-order valence-corrected chi connectivity index (χ1v) is 12.9. The van der Waals surface area contributed by atoms with Gasteiger partial charge in [-0.05, 0) is 46.9 Å². The molecule has 0 spiro atoms. The summed E-state index contributed by atoms with van der Waals surface area (Å²) in [6, 6.07) is 21.8. The topological polar surface area (TPSA) is 125 Å². The summed E-state index contributed by atoms with van der Waals surface area (Å²) in [4.78, 5) is 26.1. The molecule has 2 atom stereocenters. The minimum atomic E-state index is -4.77. The molecule has 8 nitrogen and oxygen atoms in total. The molecule has 0 aliphatic heterocycles. The van der Waals surface area contributed by atoms with E-state index in [-0.39, 0.29) is 29.5 Å². The number of amides is 1. The van der Waals surface area contributed by atoms with Crippen LogP contribution in [0.4, 0.5) is 18.9 Å². The summed E-state index contributed by atoms with van der Waals surface area (Å²) in [5.74, 6) is -1.56. The molecule has 0 fully saturated rings. The van der Waals surface area contributed by atoms with Crippen molar-refractivity contribution in [3.05, 3.63) is 113 Å². The fourth-order valence-electron chi connectivity index (χ4n) is 4.09. The first kappa shape index (κ1) is 29.5. The minimum Gasteiger partial charge on any atom is -0.451 e. The third-order valence-electron chi connectivity index (χ3n) is 6.40. The van der Waals surface area contributed by atoms with Crippen LogP contribution in [0.5, 0.6) is 0 Å². The third-order valence-corrected chi connectivity index (χ3v) is 6.40. The number of ether oxygens (including phenoxy) is 1. The zero-order valence-electron chi connectivity index (χ0n) is 22.4. The van der Waals surface area contributed by atoms with Crippen LogP contribution in [0, 0.1) is 5.92 Å². The number of esters is 1. The monoisotopic (exact) mass is 565 g/mol. The van der Waals surface area contributed by atoms with Crippen molar-refractivity contribution in [1.82, 2.24) is 9.78 Å². The number of nitrogens with one attached hydrogen (secondary N) is 1. The number of rotatable bonds is 9. The van der Waals surface area contributed by atoms with E-state index < -0.39 is 35.9 Å². The molecule has 11 heteroatoms. The number of hydrogen-bond donors (Lipinski definition) is 3. The number of nitrogens with two attached hydrogens (primary N) is 2. The molecule has 0 saturated carbocycles. The van der Waals surface area contributed by atoms with Crippen molar-refractivity contribution in [2.24, 2.45) is 17.4 Å². The molecule has 5 N–H and O–H groups in total. The highest BCUT2D eigenvalue weighted by Crippen LogP contribution is 2.31. The SMILES string of the molecule is CC(C)[C@H](N)C(=O)OC(c1ccccc1)c1cccc(NC(=O)c2cc(C(F)(F)F)nn2-c2cccc(CN)c2)c1. The van der Waals surface area contributed by atoms with Crippen LogP contribution in [-0.2, 0) is 22.3 Å². The maximum Gasteiger partial charge on any atom is 0.435 e. The number of alkyl halides is 3. The van der Waals surface area contributed by atoms with E-state index in [0.717, 1.165) is 4.68 Å². The van der Waals surface area contributed by atoms with Gasteiger partial charge in [0.25, 0.3) is 5.91 Å². The Morgan fingerprint density at radius 1 is 0.951 bits per heavy atom. The van der Waals surface area contributed by atoms with Gasteiger partial charge >= 0.3 is 12.1 Å². The van der Waals surface area contributed by atoms with E-state index in [1.807, 2.05) is 6.07 Å². The molecule has 1 unspecified atom stereocenters. The van der Waals surface area contributed by atoms with E-state index in [0.29, 0.717) is 22.8 Å². The summed E-state index contributed by atoms with van der Waals surface area (Å²) in [5.41, 5.74) is 12.5. The second-order valence-electron chi connectivity index (χ2n) is 9.78. The largest absolute Gasteiger partial charge is 0.451 e. The molecule has 1 aromatic heterocycles. The highest BCUT2D eigenvalue weighted by Gasteiger charge is 2.36. The fraction of sp³-hybridized carbons (Fsp3) is 0.233. The van der Waals surface area contributed by atoms with E-state index in [2.05, 4.69) is 10.4 Å². The van der Waals surface area contributed by atoms with Gasteiger partial charge in [0.1, 0.15) is 11.7 Å². The van der Waals surface area contributed by atoms with Crippen LogP contribution in [0.3, 0.4) is 0 Å². The van der Waals surface area contributed by atoms with Crippen molar-refractivity contribution < 1.29 is 27.5 Å². The summed E-state index contributed by atoms with van der Waals surface area (Å²) >= 11 is 0. The van der Waals surface area contributed by atoms with Gasteiger partial charge in [0.05, 0.1) is 5.69 Å². The average molecular weight is 566 g/mol. The molecule has 1 amide bonds. The molecule has 4 rings (SSSR count). The predicted molar refractivity (Wildman–Crippen MR) is 148 cm³/mol. The molecule has 3 aromatic carbocycles. The number of nitrogens with zero attached hydrogens (tertiary/aromatic N) is 2. The Bertz CT molecular complexity index is 1520. The average Bonchev–Trinajstić information content (AvgIpc) is 3.43. The van der Waals surface area contributed by atoms with Crippen molar-refractivity contribution in [3.63, 3.8) is 0 Å². The number of anilines is 1. The molecule has 0 bridgehead atoms. The van der Waals surface area contributed by atoms with Gasteiger partial charge in [0.2, 0.25) is 0 Å². The van der Waals surface area contributed by atoms with Crippen LogP contribution in [0.2, 0.25) is 0 Å². The van der Waals surface area contributed by atoms with Crippen molar-refractivity contribution in [3.8, 4) is 5.69 Å². The predicted octanol–water partition coefficient (Wildman–Crippen LogP) is 5.22. The number of carbonyl (C=O) groups excluding carboxylic acids is 2. The molecule has 0 saturated heterocycles. The second-order valence-corrected chi connectivity index (χ2v) is 9.78. The summed E-state index contributed by atoms with van der Waals surface area (Å²) < 4.78 is 47.4. The maximum absolute atomic E-state index is 13.6. The highest BCUT2D eigenvalue weighted by atomic mass is 19.4. The number of aromatic nitrogens is 2. The van der Waals surface area contributed by atoms with Crippen LogP contribution in [0.15, 0.2) is 84.9 Å². The van der Waals surface area contributed by atoms with E-state index >= 15 is 0 Å². The second kappa shape index (κ2) is 12.4. The van der Waals surface area contributed by atoms with Gasteiger partial charge in [-0.15, -0.1) is 0 Å². The van der Waals surface area contributed by atoms with Gasteiger partial charge < -0.3 is 21.5 Å². The third kappa shape index (κ3) is 7.00. The van der Waals surface area contributed by atoms with Crippen molar-refractivity contribution in [1.29, 1.82) is 0 Å². The zero-order chi connectivity index (χ0) is 29.7. The first-order valence-electron chi connectivity index (χ1n) is 12.9. The van der Waals surface area contributed by atoms with Gasteiger partial charge in [-0.25, -0.2) is 4.68 Å². The lowest BCUT2D eigenvalue weighted by Gasteiger charge is -2.23. The van der Waals surface area contributed by atoms with Crippen LogP contribution in [0.25, 0.3) is 5.69 Å². The Morgan fingerprint density at radius 3 is 2.29 bits per heavy atom. The van der Waals surface area contributed by atoms with Gasteiger partial charge in [0, 0.05) is 18.3 Å². The van der Waals surface area contributed by atoms with Crippen LogP contribution >= 0.6 is 0 Å². The van der Waals surface area contributed by atoms with E-state index in [1.54, 1.807) is 80.6 Å². The maximum atomic E-state index is 13.6. The summed E-state index contributed by atoms with van der Waals surface area (Å²) in [6.07, 6.45) is -5.61. The molecule has 214 valence electrons. The molecule has 0 radical (unpaired) electrons. The van der Waals surface area contributed by atoms with Crippen molar-refractivity contribution in [2.45, 2.75) is 38.7 Å². The smallest absolute Gasteiger partial charge is 0.435 e. The number of halogens is 3. The quantitative estimate of drug-likeness (QED) is 0.239. The van der Waals surface area contributed by atoms with Crippen LogP contribution < -0.4 is 16.8 Å². The van der Waals surface area contributed by atoms with Gasteiger partial charge in [-0.3, -0.25) is 9.59 Å². The molecular weight excluding hydrogens is 535 g/mol. The molecule has 1 heterocycles. The van der Waals surface area contributed by atoms with E-state index in [4.69, 9.17) is 16.2 Å². The number of hydrogen-bond acceptors (Lipinski definition) is 6. The van der Waals surface area contributed by atoms with Gasteiger partial charge in [-0.1, -0.05) is 68.4 Å². The Kier molecular flexibility index (Phi) is 8.89. The van der Waals surface area contributed by atoms with Crippen molar-refractivity contribution in [2.75, 3.05) is 5.32 Å². The Labute approximate surface area is 235 Å². The molecule has 0 aliphatic carbocycles. The lowest BCUT2D eigenvalue weighted by Crippen LogP contribution is -2.37. The highest BCUT2D eigenvalue weighted by molar-refractivity contribution is 6.03. The standard InChI is InChI=1S/C30H30F3N5O3/c1-18(2)26(35)29(40)41-27(20-9-4-3-5-10-20)21-11-7-12-22(15-21)36-28(39)24-16-25(30(31,32)33)37-38(24)23-13-6-8-19(14-23)17-34/h3-16,18,26-27H,17,34-35H2,1-2H3,(H,36,39)/t26-,27?/m0/s1. The van der Waals surface area contributed by atoms with Crippen molar-refractivity contribution >= 4 is 17.6 Å². The Balaban J connectivity index is 1.68. The minimum absolute atomic E-state index is 0.151. The van der Waals surface area contributed by atoms with Crippen LogP contribution in [-0.4, -0.2) is 27.7 Å². The molecular formula is C30H30F3N5O3. The van der Waals surface area contributed by atoms with E-state index in [1.165, 1.54) is 6.07 Å². The van der Waals surface area contributed by atoms with E-state index in [9.17, 15) is 22.8 Å². The summed E-state index contributed by atoms with van der Waals surface area (Å²) in [7, 11) is 0. The molecule has 4 aromatic rings.